The van der Waals surface area contributed by atoms with Crippen molar-refractivity contribution in [3.8, 4) is 0 Å². The second-order valence-corrected chi connectivity index (χ2v) is 12.2. The summed E-state index contributed by atoms with van der Waals surface area (Å²) in [6, 6.07) is 2.05. The van der Waals surface area contributed by atoms with Crippen LogP contribution in [-0.4, -0.2) is 19.4 Å². The van der Waals surface area contributed by atoms with Crippen LogP contribution in [0.5, 0.6) is 0 Å². The van der Waals surface area contributed by atoms with Gasteiger partial charge in [-0.25, -0.2) is 0 Å². The Labute approximate surface area is 120 Å². The SMILES string of the molecule is Cc1cc(CO[Si](C)(C)C(C)(C)C)sc1/C(N)=N/O. The van der Waals surface area contributed by atoms with E-state index in [2.05, 4.69) is 39.0 Å². The molecule has 0 fully saturated rings. The predicted octanol–water partition coefficient (Wildman–Crippen LogP) is 3.67. The quantitative estimate of drug-likeness (QED) is 0.293. The molecule has 0 atom stereocenters. The van der Waals surface area contributed by atoms with Crippen LogP contribution in [0.3, 0.4) is 0 Å². The van der Waals surface area contributed by atoms with Crippen molar-refractivity contribution >= 4 is 25.5 Å². The Morgan fingerprint density at radius 1 is 1.47 bits per heavy atom. The van der Waals surface area contributed by atoms with E-state index in [0.717, 1.165) is 15.3 Å². The van der Waals surface area contributed by atoms with Crippen LogP contribution in [0.2, 0.25) is 18.1 Å². The summed E-state index contributed by atoms with van der Waals surface area (Å²) >= 11 is 1.52. The van der Waals surface area contributed by atoms with Crippen molar-refractivity contribution in [2.45, 2.75) is 52.4 Å². The molecule has 0 aliphatic heterocycles. The molecule has 0 unspecified atom stereocenters. The van der Waals surface area contributed by atoms with Gasteiger partial charge in [0.15, 0.2) is 14.2 Å². The van der Waals surface area contributed by atoms with Crippen molar-refractivity contribution in [1.82, 2.24) is 0 Å². The Bertz CT molecular complexity index is 475. The average Bonchev–Trinajstić information content (AvgIpc) is 2.65. The number of hydrogen-bond donors (Lipinski definition) is 2. The van der Waals surface area contributed by atoms with Crippen LogP contribution in [0.4, 0.5) is 0 Å². The van der Waals surface area contributed by atoms with Crippen LogP contribution < -0.4 is 5.73 Å². The number of thiophene rings is 1. The zero-order chi connectivity index (χ0) is 14.8. The predicted molar refractivity (Wildman–Crippen MR) is 83.6 cm³/mol. The number of nitrogens with two attached hydrogens (primary N) is 1. The fraction of sp³-hybridized carbons (Fsp3) is 0.615. The summed E-state index contributed by atoms with van der Waals surface area (Å²) in [5.74, 6) is 0.168. The highest BCUT2D eigenvalue weighted by Gasteiger charge is 2.37. The molecular weight excluding hydrogens is 276 g/mol. The molecule has 3 N–H and O–H groups in total. The Hall–Kier alpha value is -0.853. The lowest BCUT2D eigenvalue weighted by atomic mass is 10.2. The topological polar surface area (TPSA) is 67.8 Å². The van der Waals surface area contributed by atoms with Crippen molar-refractivity contribution < 1.29 is 9.63 Å². The highest BCUT2D eigenvalue weighted by molar-refractivity contribution is 7.14. The van der Waals surface area contributed by atoms with Crippen LogP contribution in [0.25, 0.3) is 0 Å². The first-order valence-corrected chi connectivity index (χ1v) is 10.0. The third-order valence-electron chi connectivity index (χ3n) is 3.69. The summed E-state index contributed by atoms with van der Waals surface area (Å²) in [6.45, 7) is 13.7. The second kappa shape index (κ2) is 5.64. The maximum atomic E-state index is 8.73. The van der Waals surface area contributed by atoms with Gasteiger partial charge in [-0.15, -0.1) is 11.3 Å². The lowest BCUT2D eigenvalue weighted by Gasteiger charge is -2.36. The van der Waals surface area contributed by atoms with Gasteiger partial charge in [0.2, 0.25) is 0 Å². The molecule has 0 spiro atoms. The summed E-state index contributed by atoms with van der Waals surface area (Å²) in [5.41, 5.74) is 6.66. The van der Waals surface area contributed by atoms with Crippen LogP contribution in [0, 0.1) is 6.92 Å². The van der Waals surface area contributed by atoms with Crippen LogP contribution >= 0.6 is 11.3 Å². The minimum absolute atomic E-state index is 0.168. The number of aryl methyl sites for hydroxylation is 1. The fourth-order valence-corrected chi connectivity index (χ4v) is 3.42. The van der Waals surface area contributed by atoms with Gasteiger partial charge < -0.3 is 15.4 Å². The van der Waals surface area contributed by atoms with Crippen molar-refractivity contribution in [3.05, 3.63) is 21.4 Å². The van der Waals surface area contributed by atoms with Gasteiger partial charge in [0.25, 0.3) is 0 Å². The number of rotatable bonds is 4. The highest BCUT2D eigenvalue weighted by atomic mass is 32.1. The first-order valence-electron chi connectivity index (χ1n) is 6.29. The third kappa shape index (κ3) is 3.81. The molecule has 0 aromatic carbocycles. The molecule has 1 aromatic rings. The van der Waals surface area contributed by atoms with Gasteiger partial charge in [-0.3, -0.25) is 0 Å². The van der Waals surface area contributed by atoms with E-state index in [4.69, 9.17) is 15.4 Å². The Balaban J connectivity index is 2.81. The van der Waals surface area contributed by atoms with Gasteiger partial charge in [-0.1, -0.05) is 25.9 Å². The molecule has 0 amide bonds. The van der Waals surface area contributed by atoms with E-state index >= 15 is 0 Å². The largest absolute Gasteiger partial charge is 0.412 e. The molecule has 0 bridgehead atoms. The van der Waals surface area contributed by atoms with Crippen LogP contribution in [0.15, 0.2) is 11.2 Å². The van der Waals surface area contributed by atoms with Gasteiger partial charge in [-0.2, -0.15) is 0 Å². The standard InChI is InChI=1S/C13H24N2O2SSi/c1-9-7-10(18-11(9)12(14)15-16)8-17-19(5,6)13(2,3)4/h7,16H,8H2,1-6H3,(H2,14,15). The maximum Gasteiger partial charge on any atom is 0.192 e. The molecule has 1 rings (SSSR count). The second-order valence-electron chi connectivity index (χ2n) is 6.26. The lowest BCUT2D eigenvalue weighted by Crippen LogP contribution is -2.40. The van der Waals surface area contributed by atoms with Crippen LogP contribution in [-0.2, 0) is 11.0 Å². The number of oxime groups is 1. The molecular formula is C13H24N2O2SSi. The minimum atomic E-state index is -1.74. The normalized spacial score (nSPS) is 13.9. The van der Waals surface area contributed by atoms with Crippen molar-refractivity contribution in [1.29, 1.82) is 0 Å². The zero-order valence-corrected chi connectivity index (χ0v) is 14.4. The monoisotopic (exact) mass is 300 g/mol. The van der Waals surface area contributed by atoms with Gasteiger partial charge in [0.05, 0.1) is 11.5 Å². The summed E-state index contributed by atoms with van der Waals surface area (Å²) < 4.78 is 6.17. The van der Waals surface area contributed by atoms with E-state index < -0.39 is 8.32 Å². The Kier molecular flexibility index (Phi) is 4.81. The molecule has 4 nitrogen and oxygen atoms in total. The van der Waals surface area contributed by atoms with Gasteiger partial charge >= 0.3 is 0 Å². The van der Waals surface area contributed by atoms with E-state index in [0.29, 0.717) is 6.61 Å². The molecule has 0 saturated heterocycles. The summed E-state index contributed by atoms with van der Waals surface area (Å²) in [7, 11) is -1.74. The molecule has 108 valence electrons. The summed E-state index contributed by atoms with van der Waals surface area (Å²) in [6.07, 6.45) is 0. The molecule has 19 heavy (non-hydrogen) atoms. The Morgan fingerprint density at radius 3 is 2.53 bits per heavy atom. The van der Waals surface area contributed by atoms with Gasteiger partial charge in [0.1, 0.15) is 0 Å². The third-order valence-corrected chi connectivity index (χ3v) is 9.40. The summed E-state index contributed by atoms with van der Waals surface area (Å²) in [5, 5.41) is 12.0. The number of nitrogens with zero attached hydrogens (tertiary/aromatic N) is 1. The first-order chi connectivity index (χ1) is 8.58. The van der Waals surface area contributed by atoms with E-state index in [1.54, 1.807) is 0 Å². The first kappa shape index (κ1) is 16.2. The fourth-order valence-electron chi connectivity index (χ4n) is 1.39. The average molecular weight is 300 g/mol. The lowest BCUT2D eigenvalue weighted by molar-refractivity contribution is 0.279. The van der Waals surface area contributed by atoms with Crippen molar-refractivity contribution in [2.75, 3.05) is 0 Å². The summed E-state index contributed by atoms with van der Waals surface area (Å²) in [4.78, 5) is 1.93. The molecule has 0 radical (unpaired) electrons. The Morgan fingerprint density at radius 2 is 2.05 bits per heavy atom. The molecule has 6 heteroatoms. The van der Waals surface area contributed by atoms with E-state index in [1.807, 2.05) is 13.0 Å². The molecule has 1 heterocycles. The van der Waals surface area contributed by atoms with Crippen molar-refractivity contribution in [2.24, 2.45) is 10.9 Å². The van der Waals surface area contributed by atoms with Gasteiger partial charge in [-0.05, 0) is 36.7 Å². The maximum absolute atomic E-state index is 8.73. The molecule has 0 aliphatic carbocycles. The molecule has 1 aromatic heterocycles. The van der Waals surface area contributed by atoms with E-state index in [-0.39, 0.29) is 10.9 Å². The van der Waals surface area contributed by atoms with E-state index in [9.17, 15) is 0 Å². The smallest absolute Gasteiger partial charge is 0.192 e. The van der Waals surface area contributed by atoms with Crippen LogP contribution in [0.1, 0.15) is 36.1 Å². The van der Waals surface area contributed by atoms with Gasteiger partial charge in [0, 0.05) is 4.88 Å². The van der Waals surface area contributed by atoms with E-state index in [1.165, 1.54) is 11.3 Å². The highest BCUT2D eigenvalue weighted by Crippen LogP contribution is 2.37. The number of amidine groups is 1. The zero-order valence-electron chi connectivity index (χ0n) is 12.6. The number of hydrogen-bond acceptors (Lipinski definition) is 4. The molecule has 0 aliphatic rings. The minimum Gasteiger partial charge on any atom is -0.412 e. The van der Waals surface area contributed by atoms with Crippen molar-refractivity contribution in [3.63, 3.8) is 0 Å². The molecule has 0 saturated carbocycles.